The number of nitrogens with one attached hydrogen (secondary N) is 1. The van der Waals surface area contributed by atoms with Crippen LogP contribution in [0.1, 0.15) is 11.3 Å². The number of aromatic nitrogens is 2. The van der Waals surface area contributed by atoms with Crippen molar-refractivity contribution in [2.75, 3.05) is 5.32 Å². The maximum absolute atomic E-state index is 12.6. The molecule has 0 spiro atoms. The van der Waals surface area contributed by atoms with Crippen molar-refractivity contribution >= 4 is 24.2 Å². The van der Waals surface area contributed by atoms with Gasteiger partial charge in [-0.1, -0.05) is 6.07 Å². The molecule has 9 heteroatoms. The standard InChI is InChI=1S/C12H11BF3N3O2/c1-7-4-8(13(20)21)6-9(5-7)18-11-17-3-2-10(19-11)12(14,15)16/h2-6,20-21H,1H3,(H,17,18,19). The van der Waals surface area contributed by atoms with Gasteiger partial charge in [-0.15, -0.1) is 0 Å². The number of hydrogen-bond acceptors (Lipinski definition) is 5. The molecule has 0 saturated carbocycles. The number of nitrogens with zero attached hydrogens (tertiary/aromatic N) is 2. The summed E-state index contributed by atoms with van der Waals surface area (Å²) in [5.74, 6) is -0.228. The molecule has 0 saturated heterocycles. The van der Waals surface area contributed by atoms with E-state index >= 15 is 0 Å². The van der Waals surface area contributed by atoms with Crippen LogP contribution in [0.2, 0.25) is 0 Å². The summed E-state index contributed by atoms with van der Waals surface area (Å²) in [7, 11) is -1.67. The molecule has 2 rings (SSSR count). The Bertz CT molecular complexity index is 650. The van der Waals surface area contributed by atoms with Gasteiger partial charge in [-0.05, 0) is 36.1 Å². The zero-order valence-corrected chi connectivity index (χ0v) is 10.9. The molecule has 1 aromatic heterocycles. The molecule has 110 valence electrons. The Hall–Kier alpha value is -2.13. The van der Waals surface area contributed by atoms with Crippen molar-refractivity contribution in [3.05, 3.63) is 41.7 Å². The van der Waals surface area contributed by atoms with Gasteiger partial charge in [0.15, 0.2) is 0 Å². The molecule has 0 unspecified atom stereocenters. The topological polar surface area (TPSA) is 78.3 Å². The summed E-state index contributed by atoms with van der Waals surface area (Å²) in [6.45, 7) is 1.71. The molecule has 3 N–H and O–H groups in total. The van der Waals surface area contributed by atoms with Crippen molar-refractivity contribution < 1.29 is 23.2 Å². The molecule has 0 aliphatic heterocycles. The fourth-order valence-corrected chi connectivity index (χ4v) is 1.74. The normalized spacial score (nSPS) is 11.3. The molecule has 0 aliphatic rings. The molecule has 0 amide bonds. The molecule has 1 heterocycles. The zero-order valence-electron chi connectivity index (χ0n) is 10.9. The molecule has 0 aliphatic carbocycles. The minimum Gasteiger partial charge on any atom is -0.423 e. The summed E-state index contributed by atoms with van der Waals surface area (Å²) in [6.07, 6.45) is -3.56. The summed E-state index contributed by atoms with van der Waals surface area (Å²) in [5, 5.41) is 20.9. The van der Waals surface area contributed by atoms with E-state index < -0.39 is 19.0 Å². The van der Waals surface area contributed by atoms with E-state index in [1.54, 1.807) is 19.1 Å². The Morgan fingerprint density at radius 2 is 1.90 bits per heavy atom. The molecule has 0 bridgehead atoms. The Morgan fingerprint density at radius 1 is 1.19 bits per heavy atom. The van der Waals surface area contributed by atoms with Crippen LogP contribution in [0.5, 0.6) is 0 Å². The molecular weight excluding hydrogens is 286 g/mol. The summed E-state index contributed by atoms with van der Waals surface area (Å²) in [5.41, 5.74) is 0.215. The quantitative estimate of drug-likeness (QED) is 0.743. The van der Waals surface area contributed by atoms with E-state index in [2.05, 4.69) is 15.3 Å². The number of hydrogen-bond donors (Lipinski definition) is 3. The van der Waals surface area contributed by atoms with Crippen molar-refractivity contribution in [2.24, 2.45) is 0 Å². The lowest BCUT2D eigenvalue weighted by Gasteiger charge is -2.10. The minimum atomic E-state index is -4.56. The molecular formula is C12H11BF3N3O2. The van der Waals surface area contributed by atoms with Crippen molar-refractivity contribution in [2.45, 2.75) is 13.1 Å². The Labute approximate surface area is 118 Å². The van der Waals surface area contributed by atoms with Crippen LogP contribution < -0.4 is 10.8 Å². The average molecular weight is 297 g/mol. The van der Waals surface area contributed by atoms with Crippen molar-refractivity contribution in [3.63, 3.8) is 0 Å². The fourth-order valence-electron chi connectivity index (χ4n) is 1.74. The molecule has 21 heavy (non-hydrogen) atoms. The first-order valence-electron chi connectivity index (χ1n) is 5.91. The van der Waals surface area contributed by atoms with Gasteiger partial charge < -0.3 is 15.4 Å². The molecule has 0 atom stereocenters. The Morgan fingerprint density at radius 3 is 2.52 bits per heavy atom. The first-order valence-corrected chi connectivity index (χ1v) is 5.91. The number of halogens is 3. The van der Waals surface area contributed by atoms with Crippen LogP contribution in [0, 0.1) is 6.92 Å². The van der Waals surface area contributed by atoms with E-state index in [9.17, 15) is 13.2 Å². The summed E-state index contributed by atoms with van der Waals surface area (Å²) in [6, 6.07) is 5.32. The van der Waals surface area contributed by atoms with Crippen LogP contribution in [0.3, 0.4) is 0 Å². The van der Waals surface area contributed by atoms with Gasteiger partial charge in [-0.25, -0.2) is 9.97 Å². The maximum Gasteiger partial charge on any atom is 0.488 e. The average Bonchev–Trinajstić information content (AvgIpc) is 2.37. The highest BCUT2D eigenvalue weighted by Crippen LogP contribution is 2.28. The fraction of sp³-hybridized carbons (Fsp3) is 0.167. The first kappa shape index (κ1) is 15.3. The third-order valence-corrected chi connectivity index (χ3v) is 2.60. The summed E-state index contributed by atoms with van der Waals surface area (Å²) in [4.78, 5) is 7.08. The van der Waals surface area contributed by atoms with Gasteiger partial charge in [0.05, 0.1) is 0 Å². The highest BCUT2D eigenvalue weighted by Gasteiger charge is 2.32. The third-order valence-electron chi connectivity index (χ3n) is 2.60. The van der Waals surface area contributed by atoms with Crippen LogP contribution in [-0.2, 0) is 6.18 Å². The molecule has 0 fully saturated rings. The smallest absolute Gasteiger partial charge is 0.423 e. The van der Waals surface area contributed by atoms with E-state index in [1.165, 1.54) is 6.07 Å². The van der Waals surface area contributed by atoms with Gasteiger partial charge in [-0.3, -0.25) is 0 Å². The van der Waals surface area contributed by atoms with E-state index in [4.69, 9.17) is 10.0 Å². The van der Waals surface area contributed by atoms with E-state index in [1.807, 2.05) is 0 Å². The van der Waals surface area contributed by atoms with E-state index in [0.717, 1.165) is 12.3 Å². The maximum atomic E-state index is 12.6. The highest BCUT2D eigenvalue weighted by atomic mass is 19.4. The zero-order chi connectivity index (χ0) is 15.6. The van der Waals surface area contributed by atoms with Gasteiger partial charge in [-0.2, -0.15) is 13.2 Å². The van der Waals surface area contributed by atoms with Gasteiger partial charge in [0, 0.05) is 11.9 Å². The van der Waals surface area contributed by atoms with Crippen LogP contribution in [0.25, 0.3) is 0 Å². The number of anilines is 2. The SMILES string of the molecule is Cc1cc(Nc2nccc(C(F)(F)F)n2)cc(B(O)O)c1. The summed E-state index contributed by atoms with van der Waals surface area (Å²) >= 11 is 0. The van der Waals surface area contributed by atoms with Crippen LogP contribution in [0.15, 0.2) is 30.5 Å². The number of benzene rings is 1. The second-order valence-corrected chi connectivity index (χ2v) is 4.39. The van der Waals surface area contributed by atoms with Crippen molar-refractivity contribution in [1.82, 2.24) is 9.97 Å². The van der Waals surface area contributed by atoms with Crippen molar-refractivity contribution in [1.29, 1.82) is 0 Å². The van der Waals surface area contributed by atoms with Gasteiger partial charge >= 0.3 is 13.3 Å². The van der Waals surface area contributed by atoms with Gasteiger partial charge in [0.25, 0.3) is 0 Å². The molecule has 2 aromatic rings. The highest BCUT2D eigenvalue weighted by molar-refractivity contribution is 6.58. The number of rotatable bonds is 3. The lowest BCUT2D eigenvalue weighted by Crippen LogP contribution is -2.30. The Kier molecular flexibility index (Phi) is 4.15. The van der Waals surface area contributed by atoms with Crippen LogP contribution in [-0.4, -0.2) is 27.1 Å². The van der Waals surface area contributed by atoms with Gasteiger partial charge in [0.1, 0.15) is 5.69 Å². The lowest BCUT2D eigenvalue weighted by atomic mass is 9.79. The van der Waals surface area contributed by atoms with Crippen molar-refractivity contribution in [3.8, 4) is 0 Å². The van der Waals surface area contributed by atoms with Gasteiger partial charge in [0.2, 0.25) is 5.95 Å². The molecule has 5 nitrogen and oxygen atoms in total. The minimum absolute atomic E-state index is 0.212. The third kappa shape index (κ3) is 3.93. The number of alkyl halides is 3. The Balaban J connectivity index is 2.30. The summed E-state index contributed by atoms with van der Waals surface area (Å²) < 4.78 is 37.7. The predicted octanol–water partition coefficient (Wildman–Crippen LogP) is 1.23. The monoisotopic (exact) mass is 297 g/mol. The predicted molar refractivity (Wildman–Crippen MR) is 71.3 cm³/mol. The molecule has 0 radical (unpaired) electrons. The largest absolute Gasteiger partial charge is 0.488 e. The van der Waals surface area contributed by atoms with Crippen LogP contribution >= 0.6 is 0 Å². The second kappa shape index (κ2) is 5.70. The number of aryl methyl sites for hydroxylation is 1. The van der Waals surface area contributed by atoms with E-state index in [0.29, 0.717) is 11.3 Å². The van der Waals surface area contributed by atoms with Crippen LogP contribution in [0.4, 0.5) is 24.8 Å². The second-order valence-electron chi connectivity index (χ2n) is 4.39. The first-order chi connectivity index (χ1) is 9.75. The molecule has 1 aromatic carbocycles. The van der Waals surface area contributed by atoms with E-state index in [-0.39, 0.29) is 11.4 Å². The lowest BCUT2D eigenvalue weighted by molar-refractivity contribution is -0.141.